The number of carbonyl (C=O) groups is 2. The molecule has 4 unspecified atom stereocenters. The zero-order valence-electron chi connectivity index (χ0n) is 32.3. The van der Waals surface area contributed by atoms with Crippen molar-refractivity contribution in [2.24, 2.45) is 17.2 Å². The van der Waals surface area contributed by atoms with Crippen molar-refractivity contribution in [3.05, 3.63) is 0 Å². The largest absolute Gasteiger partial charge is 0.462 e. The molecule has 0 fully saturated rings. The van der Waals surface area contributed by atoms with Crippen LogP contribution in [0.25, 0.3) is 0 Å². The molecule has 9 heteroatoms. The van der Waals surface area contributed by atoms with Crippen molar-refractivity contribution < 1.29 is 28.9 Å². The van der Waals surface area contributed by atoms with E-state index in [-0.39, 0.29) is 38.1 Å². The van der Waals surface area contributed by atoms with Crippen molar-refractivity contribution in [1.29, 1.82) is 0 Å². The van der Waals surface area contributed by atoms with Gasteiger partial charge in [0.05, 0.1) is 18.8 Å². The van der Waals surface area contributed by atoms with Crippen molar-refractivity contribution in [1.82, 2.24) is 0 Å². The number of aliphatic hydroxyl groups excluding tert-OH is 1. The number of hydrogen-bond acceptors (Lipinski definition) is 9. The van der Waals surface area contributed by atoms with Crippen LogP contribution in [0.3, 0.4) is 0 Å². The van der Waals surface area contributed by atoms with E-state index in [2.05, 4.69) is 19.6 Å². The first kappa shape index (κ1) is 48.9. The van der Waals surface area contributed by atoms with E-state index in [1.807, 2.05) is 13.8 Å². The van der Waals surface area contributed by atoms with Gasteiger partial charge in [0, 0.05) is 31.3 Å². The first-order valence-electron chi connectivity index (χ1n) is 19.9. The molecule has 288 valence electrons. The zero-order valence-corrected chi connectivity index (χ0v) is 32.3. The zero-order chi connectivity index (χ0) is 36.3. The molecule has 9 nitrogen and oxygen atoms in total. The maximum absolute atomic E-state index is 12.8. The Labute approximate surface area is 296 Å². The van der Waals surface area contributed by atoms with Gasteiger partial charge in [-0.1, -0.05) is 142 Å². The van der Waals surface area contributed by atoms with E-state index >= 15 is 0 Å². The maximum atomic E-state index is 12.8. The molecule has 0 aliphatic rings. The van der Waals surface area contributed by atoms with Crippen LogP contribution in [0.5, 0.6) is 0 Å². The van der Waals surface area contributed by atoms with Crippen LogP contribution >= 0.6 is 0 Å². The van der Waals surface area contributed by atoms with Gasteiger partial charge in [-0.05, 0) is 33.7 Å². The standard InChI is InChI=1S/C38H76N2O6.CH5N/c1-5-7-9-11-13-15-17-19-21-23-25-27-36(42)45-32-35(29-38(4,40)33(3)44-31-34(41)30-39)46-37(43)28-26-24-22-20-18-16-14-12-10-8-6-2;1-2/h33-35,41H,5-32,39-40H2,1-4H3;2H2,1H3. The fourth-order valence-corrected chi connectivity index (χ4v) is 5.67. The van der Waals surface area contributed by atoms with Crippen LogP contribution in [-0.2, 0) is 23.8 Å². The number of hydrogen-bond donors (Lipinski definition) is 4. The molecule has 0 saturated heterocycles. The number of nitrogens with two attached hydrogens (primary N) is 3. The van der Waals surface area contributed by atoms with Gasteiger partial charge in [0.2, 0.25) is 0 Å². The van der Waals surface area contributed by atoms with E-state index in [0.717, 1.165) is 38.5 Å². The van der Waals surface area contributed by atoms with Crippen LogP contribution < -0.4 is 17.2 Å². The third-order valence-electron chi connectivity index (χ3n) is 9.10. The molecule has 0 spiro atoms. The fourth-order valence-electron chi connectivity index (χ4n) is 5.67. The van der Waals surface area contributed by atoms with Crippen LogP contribution in [0.1, 0.15) is 188 Å². The molecule has 0 bridgehead atoms. The van der Waals surface area contributed by atoms with E-state index in [1.165, 1.54) is 110 Å². The van der Waals surface area contributed by atoms with Gasteiger partial charge in [-0.25, -0.2) is 0 Å². The smallest absolute Gasteiger partial charge is 0.306 e. The predicted molar refractivity (Wildman–Crippen MR) is 201 cm³/mol. The normalized spacial score (nSPS) is 14.4. The molecule has 0 aromatic heterocycles. The molecule has 0 aliphatic heterocycles. The number of ether oxygens (including phenoxy) is 3. The predicted octanol–water partition coefficient (Wildman–Crippen LogP) is 8.25. The van der Waals surface area contributed by atoms with E-state index < -0.39 is 23.9 Å². The summed E-state index contributed by atoms with van der Waals surface area (Å²) < 4.78 is 17.2. The molecule has 0 radical (unpaired) electrons. The number of unbranched alkanes of at least 4 members (excludes halogenated alkanes) is 20. The molecule has 0 amide bonds. The SMILES string of the molecule is CCCCCCCCCCCCCC(=O)OCC(CC(C)(N)C(C)OCC(O)CN)OC(=O)CCCCCCCCCCCCC.CN. The van der Waals surface area contributed by atoms with Gasteiger partial charge >= 0.3 is 11.9 Å². The molecule has 48 heavy (non-hydrogen) atoms. The quantitative estimate of drug-likeness (QED) is 0.0386. The highest BCUT2D eigenvalue weighted by molar-refractivity contribution is 5.70. The minimum atomic E-state index is -0.877. The van der Waals surface area contributed by atoms with Crippen molar-refractivity contribution >= 4 is 11.9 Å². The summed E-state index contributed by atoms with van der Waals surface area (Å²) in [5, 5.41) is 9.78. The molecule has 7 N–H and O–H groups in total. The summed E-state index contributed by atoms with van der Waals surface area (Å²) in [6.07, 6.45) is 25.9. The Morgan fingerprint density at radius 1 is 0.646 bits per heavy atom. The fraction of sp³-hybridized carbons (Fsp3) is 0.949. The second-order valence-corrected chi connectivity index (χ2v) is 13.9. The summed E-state index contributed by atoms with van der Waals surface area (Å²) >= 11 is 0. The van der Waals surface area contributed by atoms with Gasteiger partial charge in [-0.3, -0.25) is 9.59 Å². The summed E-state index contributed by atoms with van der Waals surface area (Å²) in [6, 6.07) is 0. The van der Waals surface area contributed by atoms with Crippen LogP contribution in [0.4, 0.5) is 0 Å². The lowest BCUT2D eigenvalue weighted by Crippen LogP contribution is -2.52. The van der Waals surface area contributed by atoms with Gasteiger partial charge in [-0.15, -0.1) is 0 Å². The lowest BCUT2D eigenvalue weighted by molar-refractivity contribution is -0.161. The topological polar surface area (TPSA) is 160 Å². The van der Waals surface area contributed by atoms with Crippen LogP contribution in [0.15, 0.2) is 0 Å². The molecular weight excluding hydrogens is 606 g/mol. The molecular formula is C39H81N3O6. The van der Waals surface area contributed by atoms with Gasteiger partial charge in [0.25, 0.3) is 0 Å². The molecule has 0 aliphatic carbocycles. The van der Waals surface area contributed by atoms with Crippen molar-refractivity contribution in [2.75, 3.05) is 26.8 Å². The first-order valence-corrected chi connectivity index (χ1v) is 19.9. The molecule has 4 atom stereocenters. The van der Waals surface area contributed by atoms with Crippen LogP contribution in [0, 0.1) is 0 Å². The minimum absolute atomic E-state index is 0.0220. The van der Waals surface area contributed by atoms with E-state index in [1.54, 1.807) is 0 Å². The Bertz CT molecular complexity index is 709. The minimum Gasteiger partial charge on any atom is -0.462 e. The highest BCUT2D eigenvalue weighted by atomic mass is 16.6. The molecule has 0 aromatic rings. The monoisotopic (exact) mass is 688 g/mol. The van der Waals surface area contributed by atoms with Crippen molar-refractivity contribution in [2.45, 2.75) is 212 Å². The highest BCUT2D eigenvalue weighted by Crippen LogP contribution is 2.21. The summed E-state index contributed by atoms with van der Waals surface area (Å²) in [4.78, 5) is 25.3. The van der Waals surface area contributed by atoms with Gasteiger partial charge in [-0.2, -0.15) is 0 Å². The summed E-state index contributed by atoms with van der Waals surface area (Å²) in [7, 11) is 1.50. The van der Waals surface area contributed by atoms with E-state index in [4.69, 9.17) is 25.7 Å². The Balaban J connectivity index is 0. The summed E-state index contributed by atoms with van der Waals surface area (Å²) in [6.45, 7) is 8.29. The second kappa shape index (κ2) is 35.6. The Kier molecular flexibility index (Phi) is 36.2. The second-order valence-electron chi connectivity index (χ2n) is 13.9. The number of rotatable bonds is 34. The summed E-state index contributed by atoms with van der Waals surface area (Å²) in [5.41, 5.74) is 15.7. The van der Waals surface area contributed by atoms with Gasteiger partial charge in [0.1, 0.15) is 12.7 Å². The van der Waals surface area contributed by atoms with Crippen LogP contribution in [0.2, 0.25) is 0 Å². The summed E-state index contributed by atoms with van der Waals surface area (Å²) in [5.74, 6) is -0.554. The number of carbonyl (C=O) groups excluding carboxylic acids is 2. The maximum Gasteiger partial charge on any atom is 0.306 e. The lowest BCUT2D eigenvalue weighted by Gasteiger charge is -2.34. The highest BCUT2D eigenvalue weighted by Gasteiger charge is 2.33. The third-order valence-corrected chi connectivity index (χ3v) is 9.10. The van der Waals surface area contributed by atoms with E-state index in [9.17, 15) is 14.7 Å². The Hall–Kier alpha value is -1.26. The molecule has 0 rings (SSSR count). The molecule has 0 heterocycles. The average Bonchev–Trinajstić information content (AvgIpc) is 3.07. The third kappa shape index (κ3) is 32.0. The van der Waals surface area contributed by atoms with Crippen molar-refractivity contribution in [3.63, 3.8) is 0 Å². The Morgan fingerprint density at radius 2 is 1.02 bits per heavy atom. The molecule has 0 aromatic carbocycles. The average molecular weight is 688 g/mol. The number of esters is 2. The van der Waals surface area contributed by atoms with Crippen LogP contribution in [-0.4, -0.2) is 67.7 Å². The van der Waals surface area contributed by atoms with E-state index in [0.29, 0.717) is 12.8 Å². The first-order chi connectivity index (χ1) is 23.2. The molecule has 0 saturated carbocycles. The Morgan fingerprint density at radius 3 is 1.42 bits per heavy atom. The van der Waals surface area contributed by atoms with Gasteiger partial charge < -0.3 is 36.5 Å². The lowest BCUT2D eigenvalue weighted by atomic mass is 9.90. The number of aliphatic hydroxyl groups is 1. The van der Waals surface area contributed by atoms with Gasteiger partial charge in [0.15, 0.2) is 0 Å². The van der Waals surface area contributed by atoms with Crippen molar-refractivity contribution in [3.8, 4) is 0 Å².